The van der Waals surface area contributed by atoms with Crippen molar-refractivity contribution < 1.29 is 27.7 Å². The van der Waals surface area contributed by atoms with Crippen LogP contribution in [0.25, 0.3) is 0 Å². The van der Waals surface area contributed by atoms with Gasteiger partial charge in [-0.15, -0.1) is 0 Å². The van der Waals surface area contributed by atoms with E-state index in [9.17, 15) is 14.0 Å². The molecule has 12 nitrogen and oxygen atoms in total. The number of nitrogens with one attached hydrogen (secondary N) is 2. The van der Waals surface area contributed by atoms with Gasteiger partial charge in [0, 0.05) is 65.7 Å². The van der Waals surface area contributed by atoms with Gasteiger partial charge in [0.25, 0.3) is 0 Å². The normalized spacial score (nSPS) is 32.5. The number of carbonyl (C=O) groups excluding carboxylic acids is 2. The summed E-state index contributed by atoms with van der Waals surface area (Å²) in [6, 6.07) is -1.42. The maximum atomic E-state index is 15.5. The third-order valence-corrected chi connectivity index (χ3v) is 9.23. The van der Waals surface area contributed by atoms with Gasteiger partial charge in [-0.25, -0.2) is 13.7 Å². The first-order valence-electron chi connectivity index (χ1n) is 15.2. The molecule has 0 radical (unpaired) electrons. The number of likely N-dealkylation sites (N-methyl/N-ethyl adjacent to an activating group) is 2. The van der Waals surface area contributed by atoms with Gasteiger partial charge in [0.05, 0.1) is 38.0 Å². The molecule has 0 aliphatic carbocycles. The summed E-state index contributed by atoms with van der Waals surface area (Å²) in [5.74, 6) is -1.56. The van der Waals surface area contributed by atoms with Crippen LogP contribution in [0, 0.1) is 5.92 Å². The van der Waals surface area contributed by atoms with Crippen molar-refractivity contribution in [3.05, 3.63) is 12.0 Å². The Hall–Kier alpha value is -2.07. The maximum absolute atomic E-state index is 15.5. The number of nitrogens with two attached hydrogens (primary N) is 2. The van der Waals surface area contributed by atoms with Crippen molar-refractivity contribution in [2.45, 2.75) is 63.8 Å². The molecule has 4 rings (SSSR count). The topological polar surface area (TPSA) is 135 Å². The van der Waals surface area contributed by atoms with Crippen LogP contribution in [0.2, 0.25) is 0 Å². The van der Waals surface area contributed by atoms with Gasteiger partial charge < -0.3 is 31.7 Å². The second-order valence-corrected chi connectivity index (χ2v) is 11.9. The lowest BCUT2D eigenvalue weighted by Gasteiger charge is -2.47. The van der Waals surface area contributed by atoms with E-state index < -0.39 is 42.4 Å². The number of nitrogens with zero attached hydrogens (tertiary/aromatic N) is 5. The zero-order chi connectivity index (χ0) is 30.6. The van der Waals surface area contributed by atoms with Crippen molar-refractivity contribution in [3.8, 4) is 0 Å². The molecule has 4 aliphatic heterocycles. The van der Waals surface area contributed by atoms with Gasteiger partial charge in [-0.05, 0) is 7.05 Å². The molecule has 238 valence electrons. The van der Waals surface area contributed by atoms with Crippen LogP contribution in [-0.4, -0.2) is 157 Å². The third-order valence-electron chi connectivity index (χ3n) is 9.23. The molecule has 4 heterocycles. The number of rotatable bonds is 8. The minimum absolute atomic E-state index is 0.0331. The fourth-order valence-corrected chi connectivity index (χ4v) is 6.62. The van der Waals surface area contributed by atoms with Gasteiger partial charge in [-0.2, -0.15) is 4.58 Å². The first kappa shape index (κ1) is 32.8. The zero-order valence-electron chi connectivity index (χ0n) is 25.5. The highest BCUT2D eigenvalue weighted by molar-refractivity contribution is 5.82. The zero-order valence-corrected chi connectivity index (χ0v) is 25.5. The summed E-state index contributed by atoms with van der Waals surface area (Å²) in [5.41, 5.74) is 13.4. The monoisotopic (exact) mass is 598 g/mol. The van der Waals surface area contributed by atoms with Gasteiger partial charge in [0.2, 0.25) is 24.2 Å². The largest absolute Gasteiger partial charge is 0.378 e. The van der Waals surface area contributed by atoms with Crippen LogP contribution >= 0.6 is 0 Å². The summed E-state index contributed by atoms with van der Waals surface area (Å²) in [4.78, 5) is 34.8. The lowest BCUT2D eigenvalue weighted by atomic mass is 9.93. The van der Waals surface area contributed by atoms with E-state index >= 15 is 4.39 Å². The molecular formula is C28H50F2N9O3+. The van der Waals surface area contributed by atoms with Crippen molar-refractivity contribution >= 4 is 17.5 Å². The van der Waals surface area contributed by atoms with E-state index in [2.05, 4.69) is 10.6 Å². The van der Waals surface area contributed by atoms with Gasteiger partial charge in [-0.3, -0.25) is 19.4 Å². The molecular weight excluding hydrogens is 548 g/mol. The lowest BCUT2D eigenvalue weighted by molar-refractivity contribution is -0.547. The Labute approximate surface area is 248 Å². The number of morpholine rings is 1. The van der Waals surface area contributed by atoms with Crippen LogP contribution in [0.1, 0.15) is 27.2 Å². The number of piperazine rings is 1. The molecule has 0 aromatic carbocycles. The Balaban J connectivity index is 1.48. The van der Waals surface area contributed by atoms with Gasteiger partial charge in [0.1, 0.15) is 18.1 Å². The molecule has 0 bridgehead atoms. The number of hydrogen-bond acceptors (Lipinski definition) is 9. The van der Waals surface area contributed by atoms with E-state index in [0.717, 1.165) is 5.71 Å². The van der Waals surface area contributed by atoms with Crippen LogP contribution in [0.4, 0.5) is 8.78 Å². The molecule has 0 saturated carbocycles. The van der Waals surface area contributed by atoms with Crippen molar-refractivity contribution in [2.24, 2.45) is 17.4 Å². The Morgan fingerprint density at radius 3 is 2.52 bits per heavy atom. The number of halogens is 2. The SMILES string of the molecule is CCC(C)=[N+]1C=C(F)CN(CC)C1C(C(=O)NC1CNCC(F)C1N1CCN(C(=O)C2COCCN2C)CC1)C(N)N. The van der Waals surface area contributed by atoms with E-state index in [1.54, 1.807) is 4.58 Å². The first-order valence-corrected chi connectivity index (χ1v) is 15.2. The van der Waals surface area contributed by atoms with Crippen LogP contribution < -0.4 is 22.1 Å². The van der Waals surface area contributed by atoms with Crippen LogP contribution in [0.5, 0.6) is 0 Å². The molecule has 42 heavy (non-hydrogen) atoms. The number of alkyl halides is 1. The highest BCUT2D eigenvalue weighted by Gasteiger charge is 2.48. The summed E-state index contributed by atoms with van der Waals surface area (Å²) in [6.45, 7) is 10.5. The summed E-state index contributed by atoms with van der Waals surface area (Å²) in [7, 11) is 1.93. The van der Waals surface area contributed by atoms with Crippen LogP contribution in [0.15, 0.2) is 12.0 Å². The Morgan fingerprint density at radius 2 is 1.90 bits per heavy atom. The second kappa shape index (κ2) is 14.6. The summed E-state index contributed by atoms with van der Waals surface area (Å²) in [6.07, 6.45) is -0.748. The molecule has 0 aromatic rings. The van der Waals surface area contributed by atoms with E-state index in [4.69, 9.17) is 16.2 Å². The number of piperidine rings is 1. The highest BCUT2D eigenvalue weighted by Crippen LogP contribution is 2.25. The predicted octanol–water partition coefficient (Wildman–Crippen LogP) is -1.53. The van der Waals surface area contributed by atoms with E-state index in [1.165, 1.54) is 6.20 Å². The van der Waals surface area contributed by atoms with Gasteiger partial charge >= 0.3 is 0 Å². The predicted molar refractivity (Wildman–Crippen MR) is 156 cm³/mol. The molecule has 6 atom stereocenters. The van der Waals surface area contributed by atoms with E-state index in [-0.39, 0.29) is 30.9 Å². The second-order valence-electron chi connectivity index (χ2n) is 11.9. The lowest BCUT2D eigenvalue weighted by Crippen LogP contribution is -2.69. The summed E-state index contributed by atoms with van der Waals surface area (Å²) >= 11 is 0. The van der Waals surface area contributed by atoms with Crippen molar-refractivity contribution in [1.29, 1.82) is 0 Å². The van der Waals surface area contributed by atoms with Gasteiger partial charge in [-0.1, -0.05) is 13.8 Å². The van der Waals surface area contributed by atoms with Crippen molar-refractivity contribution in [3.63, 3.8) is 0 Å². The fourth-order valence-electron chi connectivity index (χ4n) is 6.62. The molecule has 2 amide bonds. The average molecular weight is 599 g/mol. The van der Waals surface area contributed by atoms with Gasteiger partial charge in [0.15, 0.2) is 11.5 Å². The average Bonchev–Trinajstić information content (AvgIpc) is 2.97. The highest BCUT2D eigenvalue weighted by atomic mass is 19.1. The number of amides is 2. The third kappa shape index (κ3) is 7.17. The Morgan fingerprint density at radius 1 is 1.19 bits per heavy atom. The van der Waals surface area contributed by atoms with Crippen LogP contribution in [0.3, 0.4) is 0 Å². The maximum Gasteiger partial charge on any atom is 0.242 e. The first-order chi connectivity index (χ1) is 20.1. The smallest absolute Gasteiger partial charge is 0.242 e. The number of carbonyl (C=O) groups is 2. The quantitative estimate of drug-likeness (QED) is 0.194. The summed E-state index contributed by atoms with van der Waals surface area (Å²) in [5, 5.41) is 6.17. The molecule has 6 unspecified atom stereocenters. The Kier molecular flexibility index (Phi) is 11.4. The molecule has 6 N–H and O–H groups in total. The minimum atomic E-state index is -1.22. The molecule has 4 aliphatic rings. The number of hydrogen-bond donors (Lipinski definition) is 4. The molecule has 3 saturated heterocycles. The van der Waals surface area contributed by atoms with E-state index in [1.807, 2.05) is 47.4 Å². The van der Waals surface area contributed by atoms with Crippen molar-refractivity contribution in [1.82, 2.24) is 30.2 Å². The molecule has 0 spiro atoms. The van der Waals surface area contributed by atoms with Crippen LogP contribution in [-0.2, 0) is 14.3 Å². The summed E-state index contributed by atoms with van der Waals surface area (Å²) < 4.78 is 37.4. The van der Waals surface area contributed by atoms with Crippen molar-refractivity contribution in [2.75, 3.05) is 79.2 Å². The van der Waals surface area contributed by atoms with E-state index in [0.29, 0.717) is 65.4 Å². The Bertz CT molecular complexity index is 1020. The molecule has 14 heteroatoms. The number of ether oxygens (including phenoxy) is 1. The molecule has 3 fully saturated rings. The minimum Gasteiger partial charge on any atom is -0.378 e. The molecule has 0 aromatic heterocycles. The standard InChI is InChI=1S/C28H49F2N9O3/c1-5-18(3)39-16-19(29)15-36(6-2)27(39)23(25(31)32)26(40)34-21-14-33-13-20(30)24(21)37-7-9-38(10-8-37)28(41)22-17-42-12-11-35(22)4/h16,20-25,27,33H,5-15,17,31-32H2,1-4H3/p+1. The fraction of sp³-hybridized carbons (Fsp3) is 0.821.